The van der Waals surface area contributed by atoms with Gasteiger partial charge in [-0.3, -0.25) is 0 Å². The van der Waals surface area contributed by atoms with E-state index in [9.17, 15) is 0 Å². The van der Waals surface area contributed by atoms with E-state index < -0.39 is 24.0 Å². The van der Waals surface area contributed by atoms with E-state index in [2.05, 4.69) is 0 Å². The smallest absolute Gasteiger partial charge is 1.00 e. The van der Waals surface area contributed by atoms with E-state index in [4.69, 9.17) is 38.4 Å². The van der Waals surface area contributed by atoms with Crippen LogP contribution in [0.5, 0.6) is 0 Å². The second-order valence-corrected chi connectivity index (χ2v) is 7.08. The summed E-state index contributed by atoms with van der Waals surface area (Å²) in [4.78, 5) is 9.43. The van der Waals surface area contributed by atoms with E-state index in [1.54, 1.807) is 0 Å². The minimum Gasteiger partial charge on any atom is -1.00 e. The van der Waals surface area contributed by atoms with E-state index in [0.717, 1.165) is 11.1 Å². The van der Waals surface area contributed by atoms with E-state index >= 15 is 0 Å². The van der Waals surface area contributed by atoms with Crippen LogP contribution in [-0.2, 0) is 44.9 Å². The summed E-state index contributed by atoms with van der Waals surface area (Å²) in [6.07, 6.45) is 0.190. The topological polar surface area (TPSA) is 80.1 Å². The van der Waals surface area contributed by atoms with Crippen molar-refractivity contribution in [2.24, 2.45) is 9.98 Å². The van der Waals surface area contributed by atoms with Crippen LogP contribution in [0.15, 0.2) is 70.6 Å². The molecule has 188 valence electrons. The third-order valence-corrected chi connectivity index (χ3v) is 5.41. The fourth-order valence-corrected chi connectivity index (χ4v) is 3.84. The Morgan fingerprint density at radius 2 is 0.971 bits per heavy atom. The van der Waals surface area contributed by atoms with E-state index in [1.807, 2.05) is 60.7 Å². The predicted molar refractivity (Wildman–Crippen MR) is 114 cm³/mol. The molecule has 4 rings (SSSR count). The molecule has 2 aliphatic heterocycles. The fraction of sp³-hybridized carbons (Fsp3) is 0.391. The Bertz CT molecular complexity index is 879. The first-order valence-electron chi connectivity index (χ1n) is 9.91. The van der Waals surface area contributed by atoms with Crippen molar-refractivity contribution in [2.45, 2.75) is 30.5 Å². The number of aliphatic imine (C=N–C) groups is 2. The van der Waals surface area contributed by atoms with Crippen molar-refractivity contribution in [1.29, 1.82) is 0 Å². The minimum atomic E-state index is -1.37. The van der Waals surface area contributed by atoms with Gasteiger partial charge in [0.1, 0.15) is 0 Å². The van der Waals surface area contributed by atoms with Crippen molar-refractivity contribution in [3.8, 4) is 0 Å². The van der Waals surface area contributed by atoms with Gasteiger partial charge in [-0.25, -0.2) is 9.98 Å². The van der Waals surface area contributed by atoms with Crippen LogP contribution in [0, 0.1) is 0 Å². The van der Waals surface area contributed by atoms with E-state index in [-0.39, 0.29) is 56.9 Å². The second kappa shape index (κ2) is 13.1. The first-order chi connectivity index (χ1) is 15.1. The Hall–Kier alpha value is -1.33. The zero-order chi connectivity index (χ0) is 21.9. The summed E-state index contributed by atoms with van der Waals surface area (Å²) in [5.41, 5.74) is 1.81. The summed E-state index contributed by atoms with van der Waals surface area (Å²) < 4.78 is 34.4. The minimum absolute atomic E-state index is 0. The first-order valence-corrected chi connectivity index (χ1v) is 9.91. The van der Waals surface area contributed by atoms with Crippen LogP contribution in [0.3, 0.4) is 0 Å². The predicted octanol–water partition coefficient (Wildman–Crippen LogP) is -2.38. The molecule has 2 aromatic rings. The van der Waals surface area contributed by atoms with Crippen LogP contribution in [0.2, 0.25) is 0 Å². The third kappa shape index (κ3) is 5.73. The van der Waals surface area contributed by atoms with Gasteiger partial charge < -0.3 is 62.4 Å². The Balaban J connectivity index is 0.00000193. The second-order valence-electron chi connectivity index (χ2n) is 7.08. The molecule has 0 N–H and O–H groups in total. The number of ether oxygens (including phenoxy) is 6. The molecule has 0 bridgehead atoms. The molecule has 2 atom stereocenters. The summed E-state index contributed by atoms with van der Waals surface area (Å²) >= 11 is 0. The number of hydrogen-bond donors (Lipinski definition) is 0. The summed E-state index contributed by atoms with van der Waals surface area (Å²) in [5, 5.41) is 0. The quantitative estimate of drug-likeness (QED) is 0.236. The fourth-order valence-electron chi connectivity index (χ4n) is 3.84. The average Bonchev–Trinajstić information content (AvgIpc) is 3.39. The van der Waals surface area contributed by atoms with Crippen molar-refractivity contribution >= 4 is 11.8 Å². The van der Waals surface area contributed by atoms with Crippen LogP contribution in [0.4, 0.5) is 0 Å². The molecule has 0 amide bonds. The van der Waals surface area contributed by atoms with Gasteiger partial charge in [0.15, 0.2) is 23.9 Å². The Morgan fingerprint density at radius 3 is 1.26 bits per heavy atom. The SMILES string of the molecule is COC1(OC)OC(CC2=N[C@H](c3ccccc3)C(OC)(OC)O2)=N[C@@H]1c1ccccc1.[Br-].[Br-].[Ni+2]. The molecule has 0 saturated heterocycles. The van der Waals surface area contributed by atoms with Gasteiger partial charge in [0.05, 0.1) is 6.42 Å². The normalized spacial score (nSPS) is 21.5. The largest absolute Gasteiger partial charge is 2.00 e. The van der Waals surface area contributed by atoms with Crippen molar-refractivity contribution < 1.29 is 78.9 Å². The Kier molecular flexibility index (Phi) is 11.8. The van der Waals surface area contributed by atoms with Gasteiger partial charge in [-0.2, -0.15) is 0 Å². The zero-order valence-electron chi connectivity index (χ0n) is 19.1. The maximum Gasteiger partial charge on any atom is 2.00 e. The van der Waals surface area contributed by atoms with Crippen LogP contribution in [-0.4, -0.2) is 52.2 Å². The monoisotopic (exact) mass is 642 g/mol. The molecule has 8 nitrogen and oxygen atoms in total. The summed E-state index contributed by atoms with van der Waals surface area (Å²) in [6, 6.07) is 18.4. The van der Waals surface area contributed by atoms with Crippen LogP contribution in [0.25, 0.3) is 0 Å². The van der Waals surface area contributed by atoms with E-state index in [1.165, 1.54) is 28.4 Å². The van der Waals surface area contributed by atoms with Gasteiger partial charge in [-0.15, -0.1) is 0 Å². The third-order valence-electron chi connectivity index (χ3n) is 5.41. The Labute approximate surface area is 230 Å². The van der Waals surface area contributed by atoms with Crippen molar-refractivity contribution in [3.05, 3.63) is 71.8 Å². The number of rotatable bonds is 8. The first kappa shape index (κ1) is 30.7. The van der Waals surface area contributed by atoms with Crippen molar-refractivity contribution in [1.82, 2.24) is 0 Å². The molecular formula is C23H26Br2N2NiO6. The van der Waals surface area contributed by atoms with Gasteiger partial charge in [0.2, 0.25) is 0 Å². The Morgan fingerprint density at radius 1 is 0.647 bits per heavy atom. The maximum atomic E-state index is 6.02. The number of hydrogen-bond acceptors (Lipinski definition) is 8. The van der Waals surface area contributed by atoms with E-state index in [0.29, 0.717) is 11.8 Å². The van der Waals surface area contributed by atoms with Crippen LogP contribution in [0.1, 0.15) is 29.6 Å². The molecule has 0 saturated carbocycles. The summed E-state index contributed by atoms with van der Waals surface area (Å²) in [7, 11) is 6.09. The van der Waals surface area contributed by atoms with Crippen LogP contribution >= 0.6 is 0 Å². The molecule has 0 fully saturated rings. The standard InChI is InChI=1S/C23H26N2O6.2BrH.Ni/c1-26-22(27-2)20(16-11-7-5-8-12-16)24-18(30-22)15-19-25-21(17-13-9-6-10-14-17)23(28-3,29-4)31-19;;;/h5-14,20-21H,15H2,1-4H3;2*1H;/q;;;+2/p-2/t20-,21-;;;/m1.../s1. The molecule has 2 aromatic carbocycles. The molecule has 0 aliphatic carbocycles. The molecule has 11 heteroatoms. The molecule has 0 radical (unpaired) electrons. The number of benzene rings is 2. The molecule has 0 spiro atoms. The summed E-state index contributed by atoms with van der Waals surface area (Å²) in [6.45, 7) is 0. The average molecular weight is 645 g/mol. The zero-order valence-corrected chi connectivity index (χ0v) is 23.2. The van der Waals surface area contributed by atoms with Gasteiger partial charge in [-0.05, 0) is 11.1 Å². The van der Waals surface area contributed by atoms with Gasteiger partial charge in [0, 0.05) is 28.4 Å². The van der Waals surface area contributed by atoms with Gasteiger partial charge in [0.25, 0.3) is 0 Å². The molecule has 2 aliphatic rings. The molecular weight excluding hydrogens is 619 g/mol. The number of methoxy groups -OCH3 is 4. The number of halogens is 2. The van der Waals surface area contributed by atoms with Gasteiger partial charge >= 0.3 is 28.4 Å². The maximum absolute atomic E-state index is 6.02. The molecule has 0 unspecified atom stereocenters. The van der Waals surface area contributed by atoms with Crippen LogP contribution < -0.4 is 34.0 Å². The molecule has 2 heterocycles. The van der Waals surface area contributed by atoms with Gasteiger partial charge in [-0.1, -0.05) is 60.7 Å². The molecule has 34 heavy (non-hydrogen) atoms. The summed E-state index contributed by atoms with van der Waals surface area (Å²) in [5.74, 6) is -1.97. The van der Waals surface area contributed by atoms with Crippen molar-refractivity contribution in [2.75, 3.05) is 28.4 Å². The molecule has 0 aromatic heterocycles. The number of nitrogens with zero attached hydrogens (tertiary/aromatic N) is 2. The van der Waals surface area contributed by atoms with Crippen molar-refractivity contribution in [3.63, 3.8) is 0 Å².